The van der Waals surface area contributed by atoms with Gasteiger partial charge in [-0.2, -0.15) is 0 Å². The minimum Gasteiger partial charge on any atom is -0.354 e. The third kappa shape index (κ3) is 8.41. The van der Waals surface area contributed by atoms with Crippen molar-refractivity contribution in [1.29, 1.82) is 0 Å². The van der Waals surface area contributed by atoms with E-state index in [-0.39, 0.29) is 29.5 Å². The summed E-state index contributed by atoms with van der Waals surface area (Å²) in [6.45, 7) is 1.64. The summed E-state index contributed by atoms with van der Waals surface area (Å²) in [5.41, 5.74) is 1.56. The second-order valence-electron chi connectivity index (χ2n) is 10.0. The number of carbonyl (C=O) groups excluding carboxylic acids is 2. The zero-order valence-corrected chi connectivity index (χ0v) is 27.9. The lowest BCUT2D eigenvalue weighted by atomic mass is 10.0. The van der Waals surface area contributed by atoms with Crippen molar-refractivity contribution in [3.05, 3.63) is 129 Å². The third-order valence-electron chi connectivity index (χ3n) is 6.92. The third-order valence-corrected chi connectivity index (χ3v) is 9.91. The predicted molar refractivity (Wildman–Crippen MR) is 179 cm³/mol. The summed E-state index contributed by atoms with van der Waals surface area (Å²) in [6.07, 6.45) is 0.882. The van der Waals surface area contributed by atoms with Gasteiger partial charge in [0.25, 0.3) is 10.0 Å². The van der Waals surface area contributed by atoms with Crippen LogP contribution in [0, 0.1) is 0 Å². The molecule has 0 radical (unpaired) electrons. The first-order chi connectivity index (χ1) is 21.1. The number of amides is 2. The van der Waals surface area contributed by atoms with Crippen LogP contribution in [0.15, 0.2) is 112 Å². The van der Waals surface area contributed by atoms with Crippen LogP contribution in [-0.2, 0) is 32.6 Å². The van der Waals surface area contributed by atoms with Crippen LogP contribution in [-0.4, -0.2) is 44.3 Å². The van der Waals surface area contributed by atoms with Gasteiger partial charge < -0.3 is 10.2 Å². The van der Waals surface area contributed by atoms with Crippen molar-refractivity contribution < 1.29 is 18.0 Å². The Labute approximate surface area is 277 Å². The fourth-order valence-corrected chi connectivity index (χ4v) is 6.98. The first-order valence-electron chi connectivity index (χ1n) is 14.0. The van der Waals surface area contributed by atoms with Crippen molar-refractivity contribution in [3.63, 3.8) is 0 Å². The van der Waals surface area contributed by atoms with E-state index in [1.54, 1.807) is 60.7 Å². The van der Waals surface area contributed by atoms with Gasteiger partial charge in [-0.15, -0.1) is 0 Å². The summed E-state index contributed by atoms with van der Waals surface area (Å²) in [5.74, 6) is -0.972. The minimum absolute atomic E-state index is 0.0231. The maximum atomic E-state index is 14.5. The number of carbonyl (C=O) groups is 2. The molecule has 0 saturated carbocycles. The predicted octanol–water partition coefficient (Wildman–Crippen LogP) is 7.12. The number of anilines is 1. The molecular formula is C33H32BrCl2N3O4S. The molecular weight excluding hydrogens is 685 g/mol. The van der Waals surface area contributed by atoms with Gasteiger partial charge in [0.2, 0.25) is 11.8 Å². The van der Waals surface area contributed by atoms with E-state index in [1.165, 1.54) is 17.0 Å². The Balaban J connectivity index is 1.82. The van der Waals surface area contributed by atoms with Gasteiger partial charge >= 0.3 is 0 Å². The van der Waals surface area contributed by atoms with Crippen molar-refractivity contribution in [2.75, 3.05) is 17.4 Å². The smallest absolute Gasteiger partial charge is 0.264 e. The summed E-state index contributed by atoms with van der Waals surface area (Å²) in [7, 11) is -4.20. The van der Waals surface area contributed by atoms with E-state index in [2.05, 4.69) is 21.2 Å². The minimum atomic E-state index is -4.20. The Hall–Kier alpha value is -3.37. The van der Waals surface area contributed by atoms with Gasteiger partial charge in [0.05, 0.1) is 10.6 Å². The van der Waals surface area contributed by atoms with Gasteiger partial charge in [-0.05, 0) is 54.4 Å². The molecule has 0 fully saturated rings. The highest BCUT2D eigenvalue weighted by molar-refractivity contribution is 9.10. The molecule has 0 saturated heterocycles. The first-order valence-corrected chi connectivity index (χ1v) is 17.0. The lowest BCUT2D eigenvalue weighted by Crippen LogP contribution is -2.53. The number of nitrogens with zero attached hydrogens (tertiary/aromatic N) is 2. The van der Waals surface area contributed by atoms with Crippen LogP contribution in [0.2, 0.25) is 10.0 Å². The maximum absolute atomic E-state index is 14.5. The second kappa shape index (κ2) is 15.6. The molecule has 0 bridgehead atoms. The summed E-state index contributed by atoms with van der Waals surface area (Å²) in [4.78, 5) is 29.6. The number of halogens is 3. The molecule has 2 amide bonds. The van der Waals surface area contributed by atoms with Gasteiger partial charge in [0.15, 0.2) is 0 Å². The fraction of sp³-hybridized carbons (Fsp3) is 0.212. The number of rotatable bonds is 13. The van der Waals surface area contributed by atoms with E-state index in [1.807, 2.05) is 37.3 Å². The van der Waals surface area contributed by atoms with E-state index < -0.39 is 28.5 Å². The highest BCUT2D eigenvalue weighted by Gasteiger charge is 2.35. The lowest BCUT2D eigenvalue weighted by Gasteiger charge is -2.34. The van der Waals surface area contributed by atoms with Gasteiger partial charge in [-0.3, -0.25) is 13.9 Å². The molecule has 4 aromatic carbocycles. The quantitative estimate of drug-likeness (QED) is 0.160. The topological polar surface area (TPSA) is 86.8 Å². The van der Waals surface area contributed by atoms with Gasteiger partial charge in [0, 0.05) is 39.6 Å². The van der Waals surface area contributed by atoms with E-state index >= 15 is 0 Å². The summed E-state index contributed by atoms with van der Waals surface area (Å²) < 4.78 is 29.7. The molecule has 0 aliphatic carbocycles. The highest BCUT2D eigenvalue weighted by Crippen LogP contribution is 2.30. The van der Waals surface area contributed by atoms with Crippen molar-refractivity contribution in [2.45, 2.75) is 37.2 Å². The average molecular weight is 718 g/mol. The molecule has 4 aromatic rings. The van der Waals surface area contributed by atoms with Crippen LogP contribution in [0.25, 0.3) is 0 Å². The van der Waals surface area contributed by atoms with Crippen molar-refractivity contribution in [2.24, 2.45) is 0 Å². The zero-order chi connectivity index (χ0) is 31.7. The molecule has 11 heteroatoms. The summed E-state index contributed by atoms with van der Waals surface area (Å²) in [5, 5.41) is 3.56. The molecule has 4 rings (SSSR count). The zero-order valence-electron chi connectivity index (χ0n) is 24.0. The Morgan fingerprint density at radius 3 is 2.09 bits per heavy atom. The molecule has 0 aliphatic rings. The molecule has 0 spiro atoms. The maximum Gasteiger partial charge on any atom is 0.264 e. The van der Waals surface area contributed by atoms with Crippen LogP contribution < -0.4 is 9.62 Å². The Morgan fingerprint density at radius 1 is 0.864 bits per heavy atom. The number of nitrogens with one attached hydrogen (secondary N) is 1. The number of sulfonamides is 1. The molecule has 44 heavy (non-hydrogen) atoms. The Bertz CT molecular complexity index is 1670. The SMILES string of the molecule is CCCNC(=O)[C@H](Cc1ccccc1)N(Cc1c(Cl)cccc1Cl)C(=O)CN(c1cccc(Br)c1)S(=O)(=O)c1ccccc1. The standard InChI is InChI=1S/C33H32BrCl2N3O4S/c1-2-19-37-33(41)31(20-24-11-5-3-6-12-24)38(22-28-29(35)17-10-18-30(28)36)32(40)23-39(26-14-9-13-25(34)21-26)44(42,43)27-15-7-4-8-16-27/h3-18,21,31H,2,19-20,22-23H2,1H3,(H,37,41)/t31-/m0/s1. The van der Waals surface area contributed by atoms with E-state index in [9.17, 15) is 18.0 Å². The van der Waals surface area contributed by atoms with Gasteiger partial charge in [-0.1, -0.05) is 107 Å². The number of benzene rings is 4. The lowest BCUT2D eigenvalue weighted by molar-refractivity contribution is -0.140. The van der Waals surface area contributed by atoms with E-state index in [4.69, 9.17) is 23.2 Å². The average Bonchev–Trinajstić information content (AvgIpc) is 3.02. The van der Waals surface area contributed by atoms with E-state index in [0.29, 0.717) is 33.0 Å². The normalized spacial score (nSPS) is 11.9. The fourth-order valence-electron chi connectivity index (χ4n) is 4.65. The molecule has 1 atom stereocenters. The molecule has 0 unspecified atom stereocenters. The van der Waals surface area contributed by atoms with Gasteiger partial charge in [-0.25, -0.2) is 8.42 Å². The highest BCUT2D eigenvalue weighted by atomic mass is 79.9. The summed E-state index contributed by atoms with van der Waals surface area (Å²) in [6, 6.07) is 27.9. The number of hydrogen-bond donors (Lipinski definition) is 1. The molecule has 7 nitrogen and oxygen atoms in total. The Kier molecular flexibility index (Phi) is 11.9. The molecule has 0 aromatic heterocycles. The Morgan fingerprint density at radius 2 is 1.48 bits per heavy atom. The van der Waals surface area contributed by atoms with Crippen LogP contribution in [0.4, 0.5) is 5.69 Å². The monoisotopic (exact) mass is 715 g/mol. The van der Waals surface area contributed by atoms with E-state index in [0.717, 1.165) is 9.87 Å². The first kappa shape index (κ1) is 33.5. The molecule has 0 aliphatic heterocycles. The van der Waals surface area contributed by atoms with Crippen LogP contribution in [0.1, 0.15) is 24.5 Å². The summed E-state index contributed by atoms with van der Waals surface area (Å²) >= 11 is 16.5. The van der Waals surface area contributed by atoms with Crippen LogP contribution >= 0.6 is 39.1 Å². The van der Waals surface area contributed by atoms with Crippen LogP contribution in [0.5, 0.6) is 0 Å². The molecule has 0 heterocycles. The second-order valence-corrected chi connectivity index (χ2v) is 13.6. The largest absolute Gasteiger partial charge is 0.354 e. The van der Waals surface area contributed by atoms with Crippen molar-refractivity contribution in [1.82, 2.24) is 10.2 Å². The van der Waals surface area contributed by atoms with Crippen molar-refractivity contribution in [3.8, 4) is 0 Å². The number of hydrogen-bond acceptors (Lipinski definition) is 4. The molecule has 1 N–H and O–H groups in total. The van der Waals surface area contributed by atoms with Crippen LogP contribution in [0.3, 0.4) is 0 Å². The van der Waals surface area contributed by atoms with Crippen molar-refractivity contribution >= 4 is 66.7 Å². The molecule has 230 valence electrons. The van der Waals surface area contributed by atoms with Gasteiger partial charge in [0.1, 0.15) is 12.6 Å².